The van der Waals surface area contributed by atoms with Crippen LogP contribution < -0.4 is 9.62 Å². The SMILES string of the molecule is CC(C(=O)NC1CCCCC1)N(Cc1ccc(Cl)c(Cl)c1)C(=O)CCCN(c1ccccc1F)S(C)(=O)=O. The third-order valence-electron chi connectivity index (χ3n) is 6.73. The number of sulfonamides is 1. The van der Waals surface area contributed by atoms with E-state index >= 15 is 0 Å². The minimum absolute atomic E-state index is 0.0388. The van der Waals surface area contributed by atoms with Gasteiger partial charge in [-0.05, 0) is 56.0 Å². The number of benzene rings is 2. The first kappa shape index (κ1) is 30.2. The van der Waals surface area contributed by atoms with Crippen LogP contribution >= 0.6 is 23.2 Å². The standard InChI is InChI=1S/C27H34Cl2FN3O4S/c1-19(27(35)31-21-9-4-3-5-10-21)32(18-20-14-15-22(28)23(29)17-20)26(34)13-8-16-33(38(2,36)37)25-12-7-6-11-24(25)30/h6-7,11-12,14-15,17,19,21H,3-5,8-10,13,16,18H2,1-2H3,(H,31,35). The summed E-state index contributed by atoms with van der Waals surface area (Å²) >= 11 is 12.2. The van der Waals surface area contributed by atoms with E-state index in [0.717, 1.165) is 42.7 Å². The van der Waals surface area contributed by atoms with Gasteiger partial charge in [0.1, 0.15) is 11.9 Å². The second-order valence-corrected chi connectivity index (χ2v) is 12.4. The molecule has 11 heteroatoms. The van der Waals surface area contributed by atoms with Crippen molar-refractivity contribution in [3.05, 3.63) is 63.9 Å². The van der Waals surface area contributed by atoms with Crippen molar-refractivity contribution in [2.24, 2.45) is 0 Å². The molecule has 38 heavy (non-hydrogen) atoms. The van der Waals surface area contributed by atoms with E-state index in [2.05, 4.69) is 5.32 Å². The smallest absolute Gasteiger partial charge is 0.242 e. The average Bonchev–Trinajstić information content (AvgIpc) is 2.87. The van der Waals surface area contributed by atoms with E-state index in [4.69, 9.17) is 23.2 Å². The molecule has 1 aliphatic carbocycles. The maximum absolute atomic E-state index is 14.3. The van der Waals surface area contributed by atoms with Crippen molar-refractivity contribution in [1.82, 2.24) is 10.2 Å². The van der Waals surface area contributed by atoms with Gasteiger partial charge in [-0.15, -0.1) is 0 Å². The van der Waals surface area contributed by atoms with Gasteiger partial charge in [0.15, 0.2) is 0 Å². The highest BCUT2D eigenvalue weighted by molar-refractivity contribution is 7.92. The highest BCUT2D eigenvalue weighted by Crippen LogP contribution is 2.25. The molecule has 1 N–H and O–H groups in total. The van der Waals surface area contributed by atoms with Gasteiger partial charge in [0, 0.05) is 25.6 Å². The highest BCUT2D eigenvalue weighted by atomic mass is 35.5. The second-order valence-electron chi connectivity index (χ2n) is 9.68. The van der Waals surface area contributed by atoms with Crippen LogP contribution in [0.1, 0.15) is 57.4 Å². The van der Waals surface area contributed by atoms with Crippen molar-refractivity contribution in [2.75, 3.05) is 17.1 Å². The van der Waals surface area contributed by atoms with Crippen LogP contribution in [-0.2, 0) is 26.2 Å². The van der Waals surface area contributed by atoms with Crippen molar-refractivity contribution in [1.29, 1.82) is 0 Å². The summed E-state index contributed by atoms with van der Waals surface area (Å²) in [7, 11) is -3.79. The molecule has 1 saturated carbocycles. The van der Waals surface area contributed by atoms with E-state index in [0.29, 0.717) is 15.6 Å². The molecule has 7 nitrogen and oxygen atoms in total. The molecule has 3 rings (SSSR count). The molecular weight excluding hydrogens is 552 g/mol. The fraction of sp³-hybridized carbons (Fsp3) is 0.481. The molecule has 2 amide bonds. The fourth-order valence-electron chi connectivity index (χ4n) is 4.62. The fourth-order valence-corrected chi connectivity index (χ4v) is 5.91. The van der Waals surface area contributed by atoms with Gasteiger partial charge >= 0.3 is 0 Å². The number of anilines is 1. The van der Waals surface area contributed by atoms with Crippen molar-refractivity contribution < 1.29 is 22.4 Å². The molecule has 208 valence electrons. The summed E-state index contributed by atoms with van der Waals surface area (Å²) in [6.07, 6.45) is 6.19. The first-order valence-corrected chi connectivity index (χ1v) is 15.3. The molecule has 0 saturated heterocycles. The highest BCUT2D eigenvalue weighted by Gasteiger charge is 2.29. The van der Waals surface area contributed by atoms with Crippen LogP contribution in [0.15, 0.2) is 42.5 Å². The van der Waals surface area contributed by atoms with E-state index in [1.54, 1.807) is 31.2 Å². The minimum atomic E-state index is -3.79. The van der Waals surface area contributed by atoms with Crippen molar-refractivity contribution in [2.45, 2.75) is 70.5 Å². The summed E-state index contributed by atoms with van der Waals surface area (Å²) in [4.78, 5) is 28.0. The number of amides is 2. The zero-order chi connectivity index (χ0) is 27.9. The van der Waals surface area contributed by atoms with Crippen LogP contribution in [0.25, 0.3) is 0 Å². The lowest BCUT2D eigenvalue weighted by molar-refractivity contribution is -0.141. The number of rotatable bonds is 11. The number of nitrogens with one attached hydrogen (secondary N) is 1. The van der Waals surface area contributed by atoms with Gasteiger partial charge in [0.2, 0.25) is 21.8 Å². The molecule has 0 spiro atoms. The van der Waals surface area contributed by atoms with Crippen molar-refractivity contribution in [3.8, 4) is 0 Å². The molecule has 2 aromatic carbocycles. The molecule has 0 radical (unpaired) electrons. The topological polar surface area (TPSA) is 86.8 Å². The molecular formula is C27H34Cl2FN3O4S. The zero-order valence-electron chi connectivity index (χ0n) is 21.6. The number of hydrogen-bond acceptors (Lipinski definition) is 4. The third-order valence-corrected chi connectivity index (χ3v) is 8.65. The third kappa shape index (κ3) is 8.32. The largest absolute Gasteiger partial charge is 0.352 e. The second kappa shape index (κ2) is 13.6. The Bertz CT molecular complexity index is 1240. The summed E-state index contributed by atoms with van der Waals surface area (Å²) in [5.74, 6) is -1.24. The van der Waals surface area contributed by atoms with Crippen LogP contribution in [0.3, 0.4) is 0 Å². The summed E-state index contributed by atoms with van der Waals surface area (Å²) in [5, 5.41) is 3.79. The molecule has 2 aromatic rings. The van der Waals surface area contributed by atoms with Crippen LogP contribution in [0.4, 0.5) is 10.1 Å². The van der Waals surface area contributed by atoms with E-state index < -0.39 is 21.9 Å². The summed E-state index contributed by atoms with van der Waals surface area (Å²) < 4.78 is 40.0. The Balaban J connectivity index is 1.74. The number of hydrogen-bond donors (Lipinski definition) is 1. The zero-order valence-corrected chi connectivity index (χ0v) is 24.0. The number of halogens is 3. The minimum Gasteiger partial charge on any atom is -0.352 e. The average molecular weight is 587 g/mol. The number of nitrogens with zero attached hydrogens (tertiary/aromatic N) is 2. The van der Waals surface area contributed by atoms with Crippen LogP contribution in [0.2, 0.25) is 10.0 Å². The van der Waals surface area contributed by atoms with E-state index in [-0.39, 0.29) is 49.5 Å². The van der Waals surface area contributed by atoms with E-state index in [1.807, 2.05) is 0 Å². The van der Waals surface area contributed by atoms with E-state index in [1.165, 1.54) is 23.1 Å². The molecule has 0 aliphatic heterocycles. The Morgan fingerprint density at radius 2 is 1.76 bits per heavy atom. The lowest BCUT2D eigenvalue weighted by atomic mass is 9.95. The Kier molecular flexibility index (Phi) is 10.8. The maximum atomic E-state index is 14.3. The number of carbonyl (C=O) groups is 2. The lowest BCUT2D eigenvalue weighted by Crippen LogP contribution is -2.50. The van der Waals surface area contributed by atoms with Gasteiger partial charge in [-0.25, -0.2) is 12.8 Å². The first-order chi connectivity index (χ1) is 18.0. The van der Waals surface area contributed by atoms with Crippen molar-refractivity contribution >= 4 is 50.7 Å². The summed E-state index contributed by atoms with van der Waals surface area (Å²) in [6.45, 7) is 1.71. The Labute approximate surface area is 234 Å². The number of carbonyl (C=O) groups excluding carboxylic acids is 2. The van der Waals surface area contributed by atoms with Crippen LogP contribution in [0.5, 0.6) is 0 Å². The predicted octanol–water partition coefficient (Wildman–Crippen LogP) is 5.54. The molecule has 1 aliphatic rings. The lowest BCUT2D eigenvalue weighted by Gasteiger charge is -2.31. The van der Waals surface area contributed by atoms with Gasteiger partial charge in [-0.1, -0.05) is 60.7 Å². The Morgan fingerprint density at radius 1 is 1.08 bits per heavy atom. The van der Waals surface area contributed by atoms with Gasteiger partial charge in [-0.3, -0.25) is 13.9 Å². The van der Waals surface area contributed by atoms with Crippen molar-refractivity contribution in [3.63, 3.8) is 0 Å². The van der Waals surface area contributed by atoms with Gasteiger partial charge < -0.3 is 10.2 Å². The monoisotopic (exact) mass is 585 g/mol. The summed E-state index contributed by atoms with van der Waals surface area (Å²) in [5.41, 5.74) is 0.629. The summed E-state index contributed by atoms with van der Waals surface area (Å²) in [6, 6.07) is 9.94. The molecule has 0 aromatic heterocycles. The Morgan fingerprint density at radius 3 is 2.39 bits per heavy atom. The normalized spacial score (nSPS) is 15.1. The maximum Gasteiger partial charge on any atom is 0.242 e. The molecule has 1 unspecified atom stereocenters. The number of para-hydroxylation sites is 1. The molecule has 1 atom stereocenters. The van der Waals surface area contributed by atoms with Gasteiger partial charge in [0.05, 0.1) is 22.0 Å². The molecule has 0 bridgehead atoms. The van der Waals surface area contributed by atoms with Crippen LogP contribution in [-0.4, -0.2) is 50.0 Å². The first-order valence-electron chi connectivity index (χ1n) is 12.7. The van der Waals surface area contributed by atoms with E-state index in [9.17, 15) is 22.4 Å². The van der Waals surface area contributed by atoms with Gasteiger partial charge in [0.25, 0.3) is 0 Å². The quantitative estimate of drug-likeness (QED) is 0.375. The predicted molar refractivity (Wildman–Crippen MR) is 149 cm³/mol. The molecule has 0 heterocycles. The Hall–Kier alpha value is -2.36. The van der Waals surface area contributed by atoms with Gasteiger partial charge in [-0.2, -0.15) is 0 Å². The van der Waals surface area contributed by atoms with Crippen LogP contribution in [0, 0.1) is 5.82 Å². The molecule has 1 fully saturated rings.